The summed E-state index contributed by atoms with van der Waals surface area (Å²) in [7, 11) is 1.44. The molecule has 0 amide bonds. The van der Waals surface area contributed by atoms with Crippen LogP contribution in [0.25, 0.3) is 22.1 Å². The van der Waals surface area contributed by atoms with E-state index in [4.69, 9.17) is 28.5 Å². The van der Waals surface area contributed by atoms with Crippen LogP contribution in [0.2, 0.25) is 0 Å². The molecule has 13 nitrogen and oxygen atoms in total. The number of ether oxygens (including phenoxy) is 4. The minimum absolute atomic E-state index is 0.161. The minimum Gasteiger partial charge on any atom is -0.507 e. The van der Waals surface area contributed by atoms with Crippen LogP contribution in [0.5, 0.6) is 23.2 Å². The lowest BCUT2D eigenvalue weighted by Gasteiger charge is -2.40. The predicted octanol–water partition coefficient (Wildman–Crippen LogP) is 1.01. The average Bonchev–Trinajstić information content (AvgIpc) is 2.88. The number of phenols is 1. The molecule has 0 unspecified atom stereocenters. The normalized spacial score (nSPS) is 22.8. The first-order valence-electron chi connectivity index (χ1n) is 11.7. The summed E-state index contributed by atoms with van der Waals surface area (Å²) in [5, 5.41) is 49.6. The van der Waals surface area contributed by atoms with E-state index in [2.05, 4.69) is 0 Å². The first-order valence-corrected chi connectivity index (χ1v) is 11.7. The monoisotopic (exact) mass is 546 g/mol. The van der Waals surface area contributed by atoms with Crippen molar-refractivity contribution in [3.05, 3.63) is 46.6 Å². The van der Waals surface area contributed by atoms with Crippen molar-refractivity contribution in [2.75, 3.05) is 13.7 Å². The number of rotatable bonds is 8. The Hall–Kier alpha value is -4.17. The lowest BCUT2D eigenvalue weighted by atomic mass is 9.91. The van der Waals surface area contributed by atoms with Crippen molar-refractivity contribution in [2.45, 2.75) is 37.9 Å². The maximum Gasteiger partial charge on any atom is 0.324 e. The fraction of sp³-hybridized carbons (Fsp3) is 0.346. The lowest BCUT2D eigenvalue weighted by molar-refractivity contribution is -0.261. The first kappa shape index (κ1) is 27.9. The Kier molecular flexibility index (Phi) is 8.06. The second-order valence-corrected chi connectivity index (χ2v) is 8.87. The van der Waals surface area contributed by atoms with Crippen LogP contribution >= 0.6 is 0 Å². The third-order valence-electron chi connectivity index (χ3n) is 6.29. The van der Waals surface area contributed by atoms with Crippen LogP contribution in [0.4, 0.5) is 0 Å². The zero-order valence-corrected chi connectivity index (χ0v) is 20.8. The van der Waals surface area contributed by atoms with Gasteiger partial charge in [-0.2, -0.15) is 0 Å². The van der Waals surface area contributed by atoms with E-state index in [1.54, 1.807) is 6.92 Å². The summed E-state index contributed by atoms with van der Waals surface area (Å²) in [6.07, 6.45) is -6.13. The number of hydrogen-bond acceptors (Lipinski definition) is 12. The molecule has 39 heavy (non-hydrogen) atoms. The molecule has 0 saturated carbocycles. The Balaban J connectivity index is 1.80. The van der Waals surface area contributed by atoms with Crippen molar-refractivity contribution < 1.29 is 58.5 Å². The highest BCUT2D eigenvalue weighted by Gasteiger charge is 2.43. The first-order chi connectivity index (χ1) is 18.5. The average molecular weight is 546 g/mol. The largest absolute Gasteiger partial charge is 0.507 e. The molecular formula is C26H26O13. The predicted molar refractivity (Wildman–Crippen MR) is 132 cm³/mol. The molecule has 2 heterocycles. The highest BCUT2D eigenvalue weighted by Crippen LogP contribution is 2.37. The van der Waals surface area contributed by atoms with Gasteiger partial charge in [-0.1, -0.05) is 19.1 Å². The summed E-state index contributed by atoms with van der Waals surface area (Å²) < 4.78 is 27.0. The number of carboxylic acids is 1. The van der Waals surface area contributed by atoms with Gasteiger partial charge in [0.2, 0.25) is 11.7 Å². The summed E-state index contributed by atoms with van der Waals surface area (Å²) in [6, 6.07) is 8.22. The maximum atomic E-state index is 13.5. The molecule has 3 aromatic rings. The van der Waals surface area contributed by atoms with Gasteiger partial charge in [-0.25, -0.2) is 0 Å². The van der Waals surface area contributed by atoms with Crippen molar-refractivity contribution in [1.82, 2.24) is 0 Å². The van der Waals surface area contributed by atoms with E-state index in [0.29, 0.717) is 5.75 Å². The molecule has 1 aliphatic heterocycles. The van der Waals surface area contributed by atoms with E-state index < -0.39 is 72.6 Å². The number of carbonyl (C=O) groups excluding carboxylic acids is 1. The number of aromatic hydroxyl groups is 1. The van der Waals surface area contributed by atoms with Gasteiger partial charge in [-0.15, -0.1) is 0 Å². The maximum absolute atomic E-state index is 13.5. The molecule has 0 spiro atoms. The van der Waals surface area contributed by atoms with Gasteiger partial charge in [0.15, 0.2) is 0 Å². The van der Waals surface area contributed by atoms with Crippen molar-refractivity contribution in [3.8, 4) is 34.3 Å². The molecule has 0 radical (unpaired) electrons. The van der Waals surface area contributed by atoms with E-state index in [9.17, 15) is 34.8 Å². The minimum atomic E-state index is -1.52. The van der Waals surface area contributed by atoms with Gasteiger partial charge in [-0.3, -0.25) is 14.4 Å². The van der Waals surface area contributed by atoms with Crippen LogP contribution in [-0.2, 0) is 14.3 Å². The topological polar surface area (TPSA) is 202 Å². The van der Waals surface area contributed by atoms with Crippen molar-refractivity contribution >= 4 is 22.9 Å². The van der Waals surface area contributed by atoms with E-state index in [1.165, 1.54) is 31.4 Å². The third-order valence-corrected chi connectivity index (χ3v) is 6.29. The van der Waals surface area contributed by atoms with Gasteiger partial charge in [0, 0.05) is 18.1 Å². The number of esters is 1. The van der Waals surface area contributed by atoms with Crippen LogP contribution in [0.1, 0.15) is 13.3 Å². The van der Waals surface area contributed by atoms with Gasteiger partial charge in [0.25, 0.3) is 0 Å². The molecule has 13 heteroatoms. The molecule has 1 aliphatic rings. The number of carbonyl (C=O) groups is 2. The highest BCUT2D eigenvalue weighted by atomic mass is 16.7. The highest BCUT2D eigenvalue weighted by molar-refractivity contribution is 5.93. The number of methoxy groups -OCH3 is 1. The van der Waals surface area contributed by atoms with Crippen molar-refractivity contribution in [3.63, 3.8) is 0 Å². The van der Waals surface area contributed by atoms with E-state index in [1.807, 2.05) is 0 Å². The molecule has 1 aromatic heterocycles. The van der Waals surface area contributed by atoms with Crippen molar-refractivity contribution in [2.24, 2.45) is 5.92 Å². The van der Waals surface area contributed by atoms with Gasteiger partial charge in [0.05, 0.1) is 25.9 Å². The number of fused-ring (bicyclic) bond motifs is 1. The van der Waals surface area contributed by atoms with Crippen LogP contribution in [0.3, 0.4) is 0 Å². The Morgan fingerprint density at radius 3 is 2.36 bits per heavy atom. The molecule has 5 atom stereocenters. The summed E-state index contributed by atoms with van der Waals surface area (Å²) in [5.74, 6) is -4.20. The second kappa shape index (κ2) is 11.3. The van der Waals surface area contributed by atoms with Gasteiger partial charge >= 0.3 is 17.9 Å². The Labute approximate surface area is 220 Å². The van der Waals surface area contributed by atoms with Crippen molar-refractivity contribution in [1.29, 1.82) is 0 Å². The smallest absolute Gasteiger partial charge is 0.324 e. The Bertz CT molecular complexity index is 1430. The number of carboxylic acid groups (broad SMARTS) is 1. The molecule has 4 rings (SSSR count). The summed E-state index contributed by atoms with van der Waals surface area (Å²) in [5.41, 5.74) is -1.14. The summed E-state index contributed by atoms with van der Waals surface area (Å²) in [6.45, 7) is 1.12. The zero-order valence-electron chi connectivity index (χ0n) is 20.8. The number of benzene rings is 2. The van der Waals surface area contributed by atoms with Crippen LogP contribution in [-0.4, -0.2) is 75.8 Å². The molecule has 208 valence electrons. The molecular weight excluding hydrogens is 520 g/mol. The van der Waals surface area contributed by atoms with Crippen LogP contribution < -0.4 is 19.6 Å². The number of aliphatic hydroxyl groups is 3. The summed E-state index contributed by atoms with van der Waals surface area (Å²) >= 11 is 0. The zero-order chi connectivity index (χ0) is 28.4. The molecule has 5 N–H and O–H groups in total. The second-order valence-electron chi connectivity index (χ2n) is 8.87. The number of aliphatic carboxylic acids is 1. The van der Waals surface area contributed by atoms with Crippen LogP contribution in [0.15, 0.2) is 45.6 Å². The Morgan fingerprint density at radius 1 is 1.05 bits per heavy atom. The molecule has 1 saturated heterocycles. The lowest BCUT2D eigenvalue weighted by Crippen LogP contribution is -2.56. The summed E-state index contributed by atoms with van der Waals surface area (Å²) in [4.78, 5) is 36.6. The fourth-order valence-corrected chi connectivity index (χ4v) is 4.17. The molecule has 2 aromatic carbocycles. The third kappa shape index (κ3) is 5.66. The van der Waals surface area contributed by atoms with Crippen LogP contribution in [0, 0.1) is 5.92 Å². The fourth-order valence-electron chi connectivity index (χ4n) is 4.17. The van der Waals surface area contributed by atoms with Gasteiger partial charge in [0.1, 0.15) is 46.3 Å². The van der Waals surface area contributed by atoms with E-state index in [-0.39, 0.29) is 27.8 Å². The van der Waals surface area contributed by atoms with E-state index in [0.717, 1.165) is 12.1 Å². The SMILES string of the molecule is COc1ccc(-c2c(OC(=O)CC(=O)O)oc3cc(O[C@@H]4O[C@H](CO)[C@@H](C)[C@H](O)[C@H]4O)cc(O)c3c2=O)cc1. The van der Waals surface area contributed by atoms with Gasteiger partial charge < -0.3 is 48.9 Å². The van der Waals surface area contributed by atoms with Gasteiger partial charge in [-0.05, 0) is 17.7 Å². The number of aliphatic hydroxyl groups excluding tert-OH is 3. The molecule has 1 fully saturated rings. The van der Waals surface area contributed by atoms with E-state index >= 15 is 0 Å². The molecule has 0 aliphatic carbocycles. The standard InChI is InChI=1S/C26H26O13/c1-11-17(10-27)38-26(24(34)22(11)32)36-14-7-15(28)21-16(8-14)37-25(39-19(31)9-18(29)30)20(23(21)33)12-3-5-13(35-2)6-4-12/h3-8,11,17,22,24,26-28,32,34H,9-10H2,1-2H3,(H,29,30)/t11-,17-,22+,24-,26-/m1/s1. The number of phenolic OH excluding ortho intramolecular Hbond substituents is 1. The molecule has 0 bridgehead atoms. The Morgan fingerprint density at radius 2 is 1.74 bits per heavy atom. The number of hydrogen-bond donors (Lipinski definition) is 5. The quantitative estimate of drug-likeness (QED) is 0.198.